The van der Waals surface area contributed by atoms with Crippen LogP contribution >= 0.6 is 11.3 Å². The smallest absolute Gasteiger partial charge is 0.233 e. The number of aliphatic hydroxyl groups is 1. The first-order valence-electron chi connectivity index (χ1n) is 7.34. The number of rotatable bonds is 5. The maximum atomic E-state index is 13.5. The molecule has 0 radical (unpaired) electrons. The molecule has 0 saturated heterocycles. The van der Waals surface area contributed by atoms with E-state index in [9.17, 15) is 22.3 Å². The number of thiophene rings is 1. The summed E-state index contributed by atoms with van der Waals surface area (Å²) in [5.74, 6) is -2.03. The van der Waals surface area contributed by atoms with Crippen LogP contribution in [-0.4, -0.2) is 19.8 Å². The first kappa shape index (κ1) is 17.8. The highest BCUT2D eigenvalue weighted by atomic mass is 32.2. The van der Waals surface area contributed by atoms with Gasteiger partial charge in [0, 0.05) is 15.6 Å². The zero-order chi connectivity index (χ0) is 18.2. The fourth-order valence-corrected chi connectivity index (χ4v) is 5.02. The molecule has 0 aliphatic heterocycles. The minimum absolute atomic E-state index is 0.157. The lowest BCUT2D eigenvalue weighted by Crippen LogP contribution is -2.29. The van der Waals surface area contributed by atoms with Crippen LogP contribution in [0.25, 0.3) is 10.1 Å². The van der Waals surface area contributed by atoms with Crippen molar-refractivity contribution in [3.63, 3.8) is 0 Å². The Morgan fingerprint density at radius 1 is 1.12 bits per heavy atom. The van der Waals surface area contributed by atoms with E-state index in [4.69, 9.17) is 0 Å². The number of halogens is 2. The lowest BCUT2D eigenvalue weighted by molar-refractivity contribution is 0.284. The molecule has 0 spiro atoms. The van der Waals surface area contributed by atoms with Crippen molar-refractivity contribution in [3.05, 3.63) is 65.2 Å². The molecule has 1 heterocycles. The van der Waals surface area contributed by atoms with E-state index in [0.29, 0.717) is 16.1 Å². The highest BCUT2D eigenvalue weighted by Crippen LogP contribution is 2.39. The van der Waals surface area contributed by atoms with Crippen molar-refractivity contribution >= 4 is 36.4 Å². The van der Waals surface area contributed by atoms with Gasteiger partial charge < -0.3 is 5.11 Å². The molecule has 4 nitrogen and oxygen atoms in total. The van der Waals surface area contributed by atoms with Crippen molar-refractivity contribution in [2.45, 2.75) is 13.2 Å². The minimum Gasteiger partial charge on any atom is -0.392 e. The van der Waals surface area contributed by atoms with E-state index in [1.54, 1.807) is 12.1 Å². The maximum Gasteiger partial charge on any atom is 0.233 e. The topological polar surface area (TPSA) is 57.6 Å². The molecule has 0 aliphatic rings. The molecular weight excluding hydrogens is 368 g/mol. The van der Waals surface area contributed by atoms with Gasteiger partial charge in [-0.3, -0.25) is 4.31 Å². The predicted molar refractivity (Wildman–Crippen MR) is 95.1 cm³/mol. The highest BCUT2D eigenvalue weighted by Gasteiger charge is 2.24. The molecule has 3 rings (SSSR count). The Kier molecular flexibility index (Phi) is 4.77. The average molecular weight is 383 g/mol. The van der Waals surface area contributed by atoms with Crippen LogP contribution in [0, 0.1) is 11.6 Å². The summed E-state index contributed by atoms with van der Waals surface area (Å²) in [4.78, 5) is 0. The number of nitrogens with zero attached hydrogens (tertiary/aromatic N) is 1. The van der Waals surface area contributed by atoms with Crippen LogP contribution in [0.2, 0.25) is 0 Å². The van der Waals surface area contributed by atoms with E-state index in [1.165, 1.54) is 17.4 Å². The molecule has 0 amide bonds. The van der Waals surface area contributed by atoms with Gasteiger partial charge in [0.25, 0.3) is 0 Å². The van der Waals surface area contributed by atoms with Gasteiger partial charge in [0.2, 0.25) is 10.0 Å². The molecule has 1 N–H and O–H groups in total. The number of hydrogen-bond acceptors (Lipinski definition) is 4. The van der Waals surface area contributed by atoms with Crippen LogP contribution in [0.3, 0.4) is 0 Å². The molecule has 0 aliphatic carbocycles. The van der Waals surface area contributed by atoms with Crippen LogP contribution in [-0.2, 0) is 23.2 Å². The van der Waals surface area contributed by atoms with Gasteiger partial charge in [-0.15, -0.1) is 11.3 Å². The normalized spacial score (nSPS) is 11.8. The number of anilines is 1. The van der Waals surface area contributed by atoms with Crippen molar-refractivity contribution in [2.24, 2.45) is 0 Å². The van der Waals surface area contributed by atoms with Crippen molar-refractivity contribution in [2.75, 3.05) is 10.6 Å². The zero-order valence-electron chi connectivity index (χ0n) is 13.2. The Morgan fingerprint density at radius 2 is 1.84 bits per heavy atom. The molecule has 0 fully saturated rings. The van der Waals surface area contributed by atoms with E-state index in [-0.39, 0.29) is 13.2 Å². The monoisotopic (exact) mass is 383 g/mol. The lowest BCUT2D eigenvalue weighted by atomic mass is 10.1. The number of benzene rings is 2. The van der Waals surface area contributed by atoms with Crippen molar-refractivity contribution in [3.8, 4) is 0 Å². The summed E-state index contributed by atoms with van der Waals surface area (Å²) < 4.78 is 53.1. The highest BCUT2D eigenvalue weighted by molar-refractivity contribution is 7.92. The Bertz CT molecular complexity index is 1030. The summed E-state index contributed by atoms with van der Waals surface area (Å²) in [6.45, 7) is -0.487. The summed E-state index contributed by atoms with van der Waals surface area (Å²) in [6.07, 6.45) is 1.04. The summed E-state index contributed by atoms with van der Waals surface area (Å²) in [6, 6.07) is 10.5. The van der Waals surface area contributed by atoms with Crippen LogP contribution in [0.15, 0.2) is 42.5 Å². The summed E-state index contributed by atoms with van der Waals surface area (Å²) in [5.41, 5.74) is 0.805. The Labute approximate surface area is 148 Å². The second-order valence-electron chi connectivity index (χ2n) is 5.56. The van der Waals surface area contributed by atoms with Gasteiger partial charge in [-0.05, 0) is 23.8 Å². The van der Waals surface area contributed by atoms with Crippen molar-refractivity contribution < 1.29 is 22.3 Å². The van der Waals surface area contributed by atoms with Crippen LogP contribution in [0.1, 0.15) is 11.1 Å². The third-order valence-electron chi connectivity index (χ3n) is 3.77. The van der Waals surface area contributed by atoms with Gasteiger partial charge in [0.15, 0.2) is 11.6 Å². The Morgan fingerprint density at radius 3 is 2.48 bits per heavy atom. The molecule has 2 aromatic carbocycles. The first-order valence-corrected chi connectivity index (χ1v) is 10.0. The Hall–Kier alpha value is -2.03. The molecule has 0 saturated carbocycles. The average Bonchev–Trinajstić information content (AvgIpc) is 2.92. The first-order chi connectivity index (χ1) is 11.8. The molecule has 0 bridgehead atoms. The van der Waals surface area contributed by atoms with Gasteiger partial charge in [0.1, 0.15) is 5.00 Å². The van der Waals surface area contributed by atoms with Gasteiger partial charge in [0.05, 0.1) is 19.4 Å². The predicted octanol–water partition coefficient (Wildman–Crippen LogP) is 3.64. The van der Waals surface area contributed by atoms with Crippen LogP contribution in [0.5, 0.6) is 0 Å². The molecule has 0 atom stereocenters. The van der Waals surface area contributed by atoms with E-state index in [1.807, 2.05) is 12.1 Å². The van der Waals surface area contributed by atoms with Gasteiger partial charge >= 0.3 is 0 Å². The van der Waals surface area contributed by atoms with Crippen LogP contribution < -0.4 is 4.31 Å². The number of aliphatic hydroxyl groups excluding tert-OH is 1. The summed E-state index contributed by atoms with van der Waals surface area (Å²) in [7, 11) is -3.70. The number of sulfonamides is 1. The van der Waals surface area contributed by atoms with Gasteiger partial charge in [-0.1, -0.05) is 24.3 Å². The summed E-state index contributed by atoms with van der Waals surface area (Å²) >= 11 is 1.23. The summed E-state index contributed by atoms with van der Waals surface area (Å²) in [5, 5.41) is 10.9. The molecule has 132 valence electrons. The molecule has 1 aromatic heterocycles. The molecule has 8 heteroatoms. The fraction of sp³-hybridized carbons (Fsp3) is 0.176. The zero-order valence-corrected chi connectivity index (χ0v) is 14.9. The molecule has 3 aromatic rings. The maximum absolute atomic E-state index is 13.5. The van der Waals surface area contributed by atoms with Crippen LogP contribution in [0.4, 0.5) is 13.8 Å². The third kappa shape index (κ3) is 3.51. The van der Waals surface area contributed by atoms with E-state index < -0.39 is 21.7 Å². The molecular formula is C17H15F2NO3S2. The largest absolute Gasteiger partial charge is 0.392 e. The van der Waals surface area contributed by atoms with E-state index >= 15 is 0 Å². The minimum atomic E-state index is -3.70. The lowest BCUT2D eigenvalue weighted by Gasteiger charge is -2.22. The second-order valence-corrected chi connectivity index (χ2v) is 8.50. The quantitative estimate of drug-likeness (QED) is 0.732. The third-order valence-corrected chi connectivity index (χ3v) is 6.24. The van der Waals surface area contributed by atoms with E-state index in [2.05, 4.69) is 0 Å². The van der Waals surface area contributed by atoms with Gasteiger partial charge in [-0.2, -0.15) is 0 Å². The second kappa shape index (κ2) is 6.70. The SMILES string of the molecule is CS(=O)(=O)N(Cc1ccc(F)c(F)c1)c1sc2ccccc2c1CO. The molecule has 25 heavy (non-hydrogen) atoms. The number of fused-ring (bicyclic) bond motifs is 1. The van der Waals surface area contributed by atoms with Gasteiger partial charge in [-0.25, -0.2) is 17.2 Å². The van der Waals surface area contributed by atoms with Crippen molar-refractivity contribution in [1.29, 1.82) is 0 Å². The standard InChI is InChI=1S/C17H15F2NO3S2/c1-25(22,23)20(9-11-6-7-14(18)15(19)8-11)17-13(10-21)12-4-2-3-5-16(12)24-17/h2-8,21H,9-10H2,1H3. The fourth-order valence-electron chi connectivity index (χ4n) is 2.58. The Balaban J connectivity index is 2.12. The number of hydrogen-bond donors (Lipinski definition) is 1. The van der Waals surface area contributed by atoms with E-state index in [0.717, 1.165) is 32.8 Å². The molecule has 0 unspecified atom stereocenters. The van der Waals surface area contributed by atoms with Crippen molar-refractivity contribution in [1.82, 2.24) is 0 Å².